The molecule has 0 saturated carbocycles. The van der Waals surface area contributed by atoms with Gasteiger partial charge in [-0.2, -0.15) is 4.53 Å². The molecular formula is CH5ClN4. The zero-order chi connectivity index (χ0) is 5.15. The molecule has 0 aromatic carbocycles. The van der Waals surface area contributed by atoms with Gasteiger partial charge in [-0.15, -0.1) is 0 Å². The van der Waals surface area contributed by atoms with E-state index in [0.29, 0.717) is 4.53 Å². The molecule has 0 aliphatic rings. The number of hydrogen-bond acceptors (Lipinski definition) is 2. The molecule has 36 valence electrons. The van der Waals surface area contributed by atoms with Crippen LogP contribution >= 0.6 is 11.8 Å². The first-order valence-corrected chi connectivity index (χ1v) is 1.53. The number of hydrazine groups is 1. The smallest absolute Gasteiger partial charge is 0.218 e. The zero-order valence-corrected chi connectivity index (χ0v) is 3.74. The molecule has 0 heterocycles. The highest BCUT2D eigenvalue weighted by Crippen LogP contribution is 1.74. The summed E-state index contributed by atoms with van der Waals surface area (Å²) in [5.74, 6) is 4.32. The summed E-state index contributed by atoms with van der Waals surface area (Å²) in [4.78, 5) is 0. The molecule has 0 aliphatic heterocycles. The number of nitrogens with zero attached hydrogens (tertiary/aromatic N) is 1. The van der Waals surface area contributed by atoms with Gasteiger partial charge < -0.3 is 5.73 Å². The molecule has 0 aromatic rings. The van der Waals surface area contributed by atoms with E-state index in [9.17, 15) is 0 Å². The summed E-state index contributed by atoms with van der Waals surface area (Å²) >= 11 is 4.87. The van der Waals surface area contributed by atoms with E-state index in [2.05, 4.69) is 11.6 Å². The van der Waals surface area contributed by atoms with Gasteiger partial charge in [-0.1, -0.05) is 0 Å². The van der Waals surface area contributed by atoms with Gasteiger partial charge in [0.25, 0.3) is 0 Å². The van der Waals surface area contributed by atoms with Crippen LogP contribution in [0.2, 0.25) is 0 Å². The molecule has 0 saturated heterocycles. The van der Waals surface area contributed by atoms with E-state index in [4.69, 9.17) is 17.2 Å². The number of nitrogens with two attached hydrogens (primary N) is 2. The molecule has 0 bridgehead atoms. The van der Waals surface area contributed by atoms with Crippen LogP contribution in [0.1, 0.15) is 0 Å². The molecule has 0 aliphatic carbocycles. The van der Waals surface area contributed by atoms with Crippen molar-refractivity contribution in [3.8, 4) is 0 Å². The quantitative estimate of drug-likeness (QED) is 0.125. The van der Waals surface area contributed by atoms with Gasteiger partial charge in [0.2, 0.25) is 5.96 Å². The normalized spacial score (nSPS) is 7.67. The lowest BCUT2D eigenvalue weighted by molar-refractivity contribution is 0.695. The molecule has 6 heavy (non-hydrogen) atoms. The Kier molecular flexibility index (Phi) is 1.69. The molecule has 5 heteroatoms. The topological polar surface area (TPSA) is 79.1 Å². The minimum Gasteiger partial charge on any atom is -0.368 e. The second kappa shape index (κ2) is 1.84. The fourth-order valence-corrected chi connectivity index (χ4v) is 0. The van der Waals surface area contributed by atoms with Crippen molar-refractivity contribution < 1.29 is 0 Å². The van der Waals surface area contributed by atoms with E-state index >= 15 is 0 Å². The summed E-state index contributed by atoms with van der Waals surface area (Å²) in [5, 5.41) is 6.40. The molecule has 0 fully saturated rings. The Balaban J connectivity index is 3.26. The van der Waals surface area contributed by atoms with Crippen LogP contribution in [0.25, 0.3) is 0 Å². The van der Waals surface area contributed by atoms with E-state index < -0.39 is 0 Å². The minimum atomic E-state index is -0.364. The van der Waals surface area contributed by atoms with E-state index in [1.807, 2.05) is 0 Å². The van der Waals surface area contributed by atoms with Crippen molar-refractivity contribution in [2.24, 2.45) is 11.6 Å². The Bertz CT molecular complexity index is 58.6. The summed E-state index contributed by atoms with van der Waals surface area (Å²) in [5.41, 5.74) is 4.69. The van der Waals surface area contributed by atoms with Crippen molar-refractivity contribution in [3.63, 3.8) is 0 Å². The third-order valence-corrected chi connectivity index (χ3v) is 0.412. The molecule has 0 unspecified atom stereocenters. The molecular weight excluding hydrogens is 103 g/mol. The first-order valence-electron chi connectivity index (χ1n) is 1.19. The lowest BCUT2D eigenvalue weighted by Crippen LogP contribution is -2.33. The predicted octanol–water partition coefficient (Wildman–Crippen LogP) is -0.791. The number of nitrogens with one attached hydrogen (secondary N) is 1. The largest absolute Gasteiger partial charge is 0.368 e. The van der Waals surface area contributed by atoms with Crippen molar-refractivity contribution in [2.45, 2.75) is 0 Å². The lowest BCUT2D eigenvalue weighted by Gasteiger charge is -2.00. The maximum atomic E-state index is 6.40. The summed E-state index contributed by atoms with van der Waals surface area (Å²) in [7, 11) is 0. The Labute approximate surface area is 40.2 Å². The standard InChI is InChI=1S/CH5ClN4/c2-6(5)1(3)4/h5H2,(H3,3,4). The highest BCUT2D eigenvalue weighted by molar-refractivity contribution is 6.20. The molecule has 0 spiro atoms. The molecule has 4 nitrogen and oxygen atoms in total. The van der Waals surface area contributed by atoms with E-state index in [1.54, 1.807) is 0 Å². The fraction of sp³-hybridized carbons (Fsp3) is 0. The average molecular weight is 109 g/mol. The van der Waals surface area contributed by atoms with Crippen molar-refractivity contribution in [3.05, 3.63) is 0 Å². The zero-order valence-electron chi connectivity index (χ0n) is 2.98. The van der Waals surface area contributed by atoms with Gasteiger partial charge in [0.05, 0.1) is 0 Å². The van der Waals surface area contributed by atoms with Gasteiger partial charge in [0.15, 0.2) is 0 Å². The van der Waals surface area contributed by atoms with Gasteiger partial charge in [0.1, 0.15) is 0 Å². The third kappa shape index (κ3) is 1.80. The second-order valence-electron chi connectivity index (χ2n) is 0.696. The highest BCUT2D eigenvalue weighted by atomic mass is 35.5. The summed E-state index contributed by atoms with van der Waals surface area (Å²) in [6, 6.07) is 0. The predicted molar refractivity (Wildman–Crippen MR) is 23.8 cm³/mol. The third-order valence-electron chi connectivity index (χ3n) is 0.230. The van der Waals surface area contributed by atoms with Crippen molar-refractivity contribution in [1.82, 2.24) is 4.53 Å². The molecule has 5 N–H and O–H groups in total. The first kappa shape index (κ1) is 5.52. The maximum Gasteiger partial charge on any atom is 0.218 e. The van der Waals surface area contributed by atoms with Crippen LogP contribution in [0.5, 0.6) is 0 Å². The van der Waals surface area contributed by atoms with Crippen molar-refractivity contribution in [1.29, 1.82) is 5.41 Å². The van der Waals surface area contributed by atoms with E-state index in [-0.39, 0.29) is 5.96 Å². The Morgan fingerprint density at radius 2 is 2.00 bits per heavy atom. The molecule has 0 rings (SSSR count). The summed E-state index contributed by atoms with van der Waals surface area (Å²) < 4.78 is 0.500. The lowest BCUT2D eigenvalue weighted by atomic mass is 11.1. The number of guanidine groups is 1. The monoisotopic (exact) mass is 108 g/mol. The number of halogens is 1. The summed E-state index contributed by atoms with van der Waals surface area (Å²) in [6.07, 6.45) is 0. The van der Waals surface area contributed by atoms with Crippen LogP contribution < -0.4 is 11.6 Å². The van der Waals surface area contributed by atoms with Crippen molar-refractivity contribution in [2.75, 3.05) is 0 Å². The Morgan fingerprint density at radius 3 is 2.00 bits per heavy atom. The van der Waals surface area contributed by atoms with E-state index in [1.165, 1.54) is 0 Å². The van der Waals surface area contributed by atoms with E-state index in [0.717, 1.165) is 0 Å². The van der Waals surface area contributed by atoms with Gasteiger partial charge >= 0.3 is 0 Å². The van der Waals surface area contributed by atoms with Crippen LogP contribution in [0.15, 0.2) is 0 Å². The van der Waals surface area contributed by atoms with Crippen LogP contribution in [-0.2, 0) is 0 Å². The maximum absolute atomic E-state index is 6.40. The molecule has 0 atom stereocenters. The van der Waals surface area contributed by atoms with Crippen LogP contribution in [0, 0.1) is 5.41 Å². The molecule has 0 radical (unpaired) electrons. The van der Waals surface area contributed by atoms with Crippen LogP contribution in [-0.4, -0.2) is 10.5 Å². The number of rotatable bonds is 0. The first-order chi connectivity index (χ1) is 2.64. The van der Waals surface area contributed by atoms with Crippen molar-refractivity contribution >= 4 is 17.7 Å². The SMILES string of the molecule is N=C(N)N(N)Cl. The van der Waals surface area contributed by atoms with Gasteiger partial charge in [-0.25, -0.2) is 5.84 Å². The second-order valence-corrected chi connectivity index (χ2v) is 1.06. The van der Waals surface area contributed by atoms with Crippen LogP contribution in [0.4, 0.5) is 0 Å². The van der Waals surface area contributed by atoms with Gasteiger partial charge in [0, 0.05) is 11.8 Å². The minimum absolute atomic E-state index is 0.364. The Morgan fingerprint density at radius 1 is 1.83 bits per heavy atom. The fourth-order valence-electron chi connectivity index (χ4n) is 0. The Hall–Kier alpha value is -0.480. The molecule has 0 amide bonds. The van der Waals surface area contributed by atoms with Gasteiger partial charge in [-0.05, 0) is 0 Å². The summed E-state index contributed by atoms with van der Waals surface area (Å²) in [6.45, 7) is 0. The number of hydrogen-bond donors (Lipinski definition) is 3. The van der Waals surface area contributed by atoms with Gasteiger partial charge in [-0.3, -0.25) is 5.41 Å². The molecule has 0 aromatic heterocycles. The average Bonchev–Trinajstić information content (AvgIpc) is 1.36. The highest BCUT2D eigenvalue weighted by Gasteiger charge is 1.87. The van der Waals surface area contributed by atoms with Crippen LogP contribution in [0.3, 0.4) is 0 Å².